The van der Waals surface area contributed by atoms with Gasteiger partial charge in [0.25, 0.3) is 0 Å². The van der Waals surface area contributed by atoms with Crippen molar-refractivity contribution in [1.82, 2.24) is 0 Å². The van der Waals surface area contributed by atoms with Crippen LogP contribution in [0.2, 0.25) is 0 Å². The summed E-state index contributed by atoms with van der Waals surface area (Å²) in [6, 6.07) is 8.46. The normalized spacial score (nSPS) is 14.2. The highest BCUT2D eigenvalue weighted by atomic mass is 15.3. The predicted octanol–water partition coefficient (Wildman–Crippen LogP) is 2.29. The minimum Gasteiger partial charge on any atom is -0.366 e. The third-order valence-electron chi connectivity index (χ3n) is 2.20. The average Bonchev–Trinajstić information content (AvgIpc) is 2.50. The van der Waals surface area contributed by atoms with Gasteiger partial charge < -0.3 is 10.2 Å². The van der Waals surface area contributed by atoms with Crippen LogP contribution in [0.5, 0.6) is 0 Å². The van der Waals surface area contributed by atoms with E-state index in [2.05, 4.69) is 41.4 Å². The molecule has 0 aromatic heterocycles. The molecule has 0 atom stereocenters. The Hall–Kier alpha value is -1.18. The van der Waals surface area contributed by atoms with Gasteiger partial charge in [-0.1, -0.05) is 19.1 Å². The molecule has 1 aromatic rings. The second-order valence-corrected chi connectivity index (χ2v) is 3.12. The first-order valence-corrected chi connectivity index (χ1v) is 4.49. The lowest BCUT2D eigenvalue weighted by Gasteiger charge is -2.15. The Morgan fingerprint density at radius 1 is 1.42 bits per heavy atom. The zero-order chi connectivity index (χ0) is 8.39. The smallest absolute Gasteiger partial charge is 0.0877 e. The van der Waals surface area contributed by atoms with Crippen LogP contribution in [0.1, 0.15) is 13.3 Å². The van der Waals surface area contributed by atoms with Gasteiger partial charge in [0.15, 0.2) is 0 Å². The molecule has 0 bridgehead atoms. The van der Waals surface area contributed by atoms with Gasteiger partial charge in [-0.2, -0.15) is 0 Å². The molecule has 1 heterocycles. The molecule has 0 fully saturated rings. The maximum atomic E-state index is 3.36. The van der Waals surface area contributed by atoms with Gasteiger partial charge in [0.2, 0.25) is 0 Å². The summed E-state index contributed by atoms with van der Waals surface area (Å²) in [5.74, 6) is 0. The summed E-state index contributed by atoms with van der Waals surface area (Å²) >= 11 is 0. The van der Waals surface area contributed by atoms with Gasteiger partial charge in [0.05, 0.1) is 18.0 Å². The standard InChI is InChI=1S/C10H14N2/c1-2-7-12-8-11-9-5-3-4-6-10(9)12/h3-6,11H,2,7-8H2,1H3. The van der Waals surface area contributed by atoms with Crippen molar-refractivity contribution >= 4 is 11.4 Å². The van der Waals surface area contributed by atoms with Crippen LogP contribution in [0.3, 0.4) is 0 Å². The lowest BCUT2D eigenvalue weighted by atomic mass is 10.2. The number of benzene rings is 1. The van der Waals surface area contributed by atoms with Gasteiger partial charge >= 0.3 is 0 Å². The summed E-state index contributed by atoms with van der Waals surface area (Å²) < 4.78 is 0. The molecular weight excluding hydrogens is 148 g/mol. The molecule has 0 saturated heterocycles. The molecule has 0 radical (unpaired) electrons. The summed E-state index contributed by atoms with van der Waals surface area (Å²) in [6.45, 7) is 4.32. The summed E-state index contributed by atoms with van der Waals surface area (Å²) in [4.78, 5) is 2.37. The lowest BCUT2D eigenvalue weighted by Crippen LogP contribution is -2.23. The van der Waals surface area contributed by atoms with Gasteiger partial charge in [-0.05, 0) is 18.6 Å². The molecule has 0 unspecified atom stereocenters. The first-order valence-electron chi connectivity index (χ1n) is 4.49. The van der Waals surface area contributed by atoms with Crippen molar-refractivity contribution in [3.05, 3.63) is 24.3 Å². The molecule has 12 heavy (non-hydrogen) atoms. The fourth-order valence-electron chi connectivity index (χ4n) is 1.63. The van der Waals surface area contributed by atoms with Crippen molar-refractivity contribution in [3.8, 4) is 0 Å². The Bertz CT molecular complexity index is 268. The van der Waals surface area contributed by atoms with Crippen molar-refractivity contribution < 1.29 is 0 Å². The average molecular weight is 162 g/mol. The molecule has 0 spiro atoms. The maximum Gasteiger partial charge on any atom is 0.0877 e. The van der Waals surface area contributed by atoms with Gasteiger partial charge in [-0.25, -0.2) is 0 Å². The van der Waals surface area contributed by atoms with E-state index in [0.29, 0.717) is 0 Å². The fraction of sp³-hybridized carbons (Fsp3) is 0.400. The highest BCUT2D eigenvalue weighted by Crippen LogP contribution is 2.30. The van der Waals surface area contributed by atoms with Crippen LogP contribution in [-0.2, 0) is 0 Å². The zero-order valence-electron chi connectivity index (χ0n) is 7.38. The quantitative estimate of drug-likeness (QED) is 0.717. The van der Waals surface area contributed by atoms with E-state index in [-0.39, 0.29) is 0 Å². The zero-order valence-corrected chi connectivity index (χ0v) is 7.38. The number of nitrogens with one attached hydrogen (secondary N) is 1. The molecule has 1 aromatic carbocycles. The van der Waals surface area contributed by atoms with E-state index in [1.807, 2.05) is 0 Å². The van der Waals surface area contributed by atoms with Gasteiger partial charge in [0.1, 0.15) is 0 Å². The number of hydrogen-bond donors (Lipinski definition) is 1. The number of hydrogen-bond acceptors (Lipinski definition) is 2. The van der Waals surface area contributed by atoms with E-state index < -0.39 is 0 Å². The number of para-hydroxylation sites is 2. The van der Waals surface area contributed by atoms with E-state index in [4.69, 9.17) is 0 Å². The number of nitrogens with zero attached hydrogens (tertiary/aromatic N) is 1. The Morgan fingerprint density at radius 3 is 3.08 bits per heavy atom. The van der Waals surface area contributed by atoms with Crippen molar-refractivity contribution in [2.75, 3.05) is 23.4 Å². The highest BCUT2D eigenvalue weighted by molar-refractivity contribution is 5.74. The van der Waals surface area contributed by atoms with Gasteiger partial charge in [0, 0.05) is 6.54 Å². The largest absolute Gasteiger partial charge is 0.366 e. The summed E-state index contributed by atoms with van der Waals surface area (Å²) in [6.07, 6.45) is 1.20. The molecule has 64 valence electrons. The van der Waals surface area contributed by atoms with Gasteiger partial charge in [-0.15, -0.1) is 0 Å². The predicted molar refractivity (Wildman–Crippen MR) is 52.6 cm³/mol. The molecule has 0 aliphatic carbocycles. The van der Waals surface area contributed by atoms with Crippen molar-refractivity contribution in [3.63, 3.8) is 0 Å². The van der Waals surface area contributed by atoms with Crippen LogP contribution in [0.15, 0.2) is 24.3 Å². The van der Waals surface area contributed by atoms with E-state index >= 15 is 0 Å². The van der Waals surface area contributed by atoms with Crippen molar-refractivity contribution in [1.29, 1.82) is 0 Å². The maximum absolute atomic E-state index is 3.36. The lowest BCUT2D eigenvalue weighted by molar-refractivity contribution is 0.820. The highest BCUT2D eigenvalue weighted by Gasteiger charge is 2.15. The minimum absolute atomic E-state index is 0.965. The van der Waals surface area contributed by atoms with Gasteiger partial charge in [-0.3, -0.25) is 0 Å². The molecule has 2 rings (SSSR count). The molecule has 0 amide bonds. The first-order chi connectivity index (χ1) is 5.92. The summed E-state index contributed by atoms with van der Waals surface area (Å²) in [5.41, 5.74) is 2.62. The van der Waals surface area contributed by atoms with Crippen LogP contribution in [-0.4, -0.2) is 13.2 Å². The Labute approximate surface area is 73.2 Å². The number of rotatable bonds is 2. The van der Waals surface area contributed by atoms with E-state index in [1.165, 1.54) is 17.8 Å². The third kappa shape index (κ3) is 1.13. The Morgan fingerprint density at radius 2 is 2.25 bits per heavy atom. The van der Waals surface area contributed by atoms with Crippen LogP contribution in [0.4, 0.5) is 11.4 Å². The second-order valence-electron chi connectivity index (χ2n) is 3.12. The third-order valence-corrected chi connectivity index (χ3v) is 2.20. The van der Waals surface area contributed by atoms with E-state index in [0.717, 1.165) is 13.2 Å². The molecule has 0 saturated carbocycles. The van der Waals surface area contributed by atoms with Crippen LogP contribution in [0, 0.1) is 0 Å². The number of fused-ring (bicyclic) bond motifs is 1. The minimum atomic E-state index is 0.965. The molecule has 1 aliphatic rings. The molecular formula is C10H14N2. The first kappa shape index (κ1) is 7.47. The van der Waals surface area contributed by atoms with Crippen molar-refractivity contribution in [2.45, 2.75) is 13.3 Å². The summed E-state index contributed by atoms with van der Waals surface area (Å²) in [7, 11) is 0. The summed E-state index contributed by atoms with van der Waals surface area (Å²) in [5, 5.41) is 3.36. The topological polar surface area (TPSA) is 15.3 Å². The fourth-order valence-corrected chi connectivity index (χ4v) is 1.63. The SMILES string of the molecule is CCCN1CNc2ccccc21. The van der Waals surface area contributed by atoms with Crippen LogP contribution in [0.25, 0.3) is 0 Å². The van der Waals surface area contributed by atoms with Crippen LogP contribution < -0.4 is 10.2 Å². The Kier molecular flexibility index (Phi) is 1.90. The van der Waals surface area contributed by atoms with E-state index in [9.17, 15) is 0 Å². The molecule has 2 nitrogen and oxygen atoms in total. The molecule has 2 heteroatoms. The second kappa shape index (κ2) is 3.05. The molecule has 1 N–H and O–H groups in total. The van der Waals surface area contributed by atoms with E-state index in [1.54, 1.807) is 0 Å². The number of anilines is 2. The Balaban J connectivity index is 2.24. The van der Waals surface area contributed by atoms with Crippen LogP contribution >= 0.6 is 0 Å². The molecule has 1 aliphatic heterocycles. The monoisotopic (exact) mass is 162 g/mol. The van der Waals surface area contributed by atoms with Crippen molar-refractivity contribution in [2.24, 2.45) is 0 Å².